The minimum atomic E-state index is -0.385. The highest BCUT2D eigenvalue weighted by Crippen LogP contribution is 2.32. The third-order valence-electron chi connectivity index (χ3n) is 3.12. The summed E-state index contributed by atoms with van der Waals surface area (Å²) < 4.78 is 0. The van der Waals surface area contributed by atoms with Crippen LogP contribution in [0, 0.1) is 11.3 Å². The van der Waals surface area contributed by atoms with Crippen LogP contribution in [0.3, 0.4) is 0 Å². The van der Waals surface area contributed by atoms with Crippen molar-refractivity contribution < 1.29 is 4.79 Å². The molecule has 0 saturated carbocycles. The number of carbonyl (C=O) groups excluding carboxylic acids is 1. The lowest BCUT2D eigenvalue weighted by Gasteiger charge is -2.12. The van der Waals surface area contributed by atoms with E-state index in [4.69, 9.17) is 5.26 Å². The highest BCUT2D eigenvalue weighted by atomic mass is 16.2. The lowest BCUT2D eigenvalue weighted by atomic mass is 10.1. The molecule has 0 radical (unpaired) electrons. The van der Waals surface area contributed by atoms with Crippen molar-refractivity contribution in [2.75, 3.05) is 10.6 Å². The van der Waals surface area contributed by atoms with E-state index in [2.05, 4.69) is 16.7 Å². The van der Waals surface area contributed by atoms with Gasteiger partial charge in [0.15, 0.2) is 0 Å². The first-order valence-electron chi connectivity index (χ1n) is 5.94. The predicted octanol–water partition coefficient (Wildman–Crippen LogP) is 2.66. The molecule has 1 unspecified atom stereocenters. The van der Waals surface area contributed by atoms with Crippen molar-refractivity contribution in [1.29, 1.82) is 5.26 Å². The molecule has 2 aromatic rings. The maximum Gasteiger partial charge on any atom is 0.251 e. The second-order valence-electron chi connectivity index (χ2n) is 4.34. The van der Waals surface area contributed by atoms with Crippen LogP contribution in [0.5, 0.6) is 0 Å². The van der Waals surface area contributed by atoms with Crippen molar-refractivity contribution in [3.8, 4) is 6.07 Å². The Morgan fingerprint density at radius 1 is 1.11 bits per heavy atom. The standard InChI is InChI=1S/C15H11N3O/c16-9-10-5-7-11(8-6-10)17-14-12-3-1-2-4-13(12)18-15(14)19/h1-8,14,17H,(H,18,19). The van der Waals surface area contributed by atoms with Crippen molar-refractivity contribution in [3.63, 3.8) is 0 Å². The zero-order valence-electron chi connectivity index (χ0n) is 10.1. The van der Waals surface area contributed by atoms with Crippen molar-refractivity contribution in [3.05, 3.63) is 59.7 Å². The molecule has 1 aliphatic heterocycles. The van der Waals surface area contributed by atoms with Gasteiger partial charge in [0, 0.05) is 16.9 Å². The van der Waals surface area contributed by atoms with E-state index in [1.807, 2.05) is 24.3 Å². The first-order chi connectivity index (χ1) is 9.28. The first kappa shape index (κ1) is 11.3. The number of hydrogen-bond donors (Lipinski definition) is 2. The molecule has 1 heterocycles. The average molecular weight is 249 g/mol. The normalized spacial score (nSPS) is 16.4. The Kier molecular flexibility index (Phi) is 2.66. The predicted molar refractivity (Wildman–Crippen MR) is 72.6 cm³/mol. The minimum absolute atomic E-state index is 0.0643. The topological polar surface area (TPSA) is 64.9 Å². The summed E-state index contributed by atoms with van der Waals surface area (Å²) in [4.78, 5) is 11.9. The number of nitrogens with zero attached hydrogens (tertiary/aromatic N) is 1. The smallest absolute Gasteiger partial charge is 0.251 e. The fraction of sp³-hybridized carbons (Fsp3) is 0.0667. The molecule has 1 amide bonds. The summed E-state index contributed by atoms with van der Waals surface area (Å²) in [5, 5.41) is 14.8. The number of anilines is 2. The quantitative estimate of drug-likeness (QED) is 0.860. The third kappa shape index (κ3) is 2.02. The van der Waals surface area contributed by atoms with Crippen LogP contribution in [-0.2, 0) is 4.79 Å². The van der Waals surface area contributed by atoms with Gasteiger partial charge in [0.05, 0.1) is 11.6 Å². The molecule has 0 aromatic heterocycles. The van der Waals surface area contributed by atoms with Gasteiger partial charge >= 0.3 is 0 Å². The summed E-state index contributed by atoms with van der Waals surface area (Å²) >= 11 is 0. The van der Waals surface area contributed by atoms with Gasteiger partial charge in [-0.15, -0.1) is 0 Å². The molecule has 19 heavy (non-hydrogen) atoms. The second kappa shape index (κ2) is 4.46. The molecule has 92 valence electrons. The molecular formula is C15H11N3O. The number of fused-ring (bicyclic) bond motifs is 1. The van der Waals surface area contributed by atoms with Gasteiger partial charge in [-0.3, -0.25) is 4.79 Å². The van der Waals surface area contributed by atoms with Gasteiger partial charge in [-0.05, 0) is 30.3 Å². The second-order valence-corrected chi connectivity index (χ2v) is 4.34. The Morgan fingerprint density at radius 2 is 1.84 bits per heavy atom. The number of benzene rings is 2. The summed E-state index contributed by atoms with van der Waals surface area (Å²) in [5.74, 6) is -0.0643. The van der Waals surface area contributed by atoms with Gasteiger partial charge in [0.25, 0.3) is 5.91 Å². The maximum atomic E-state index is 11.9. The molecular weight excluding hydrogens is 238 g/mol. The van der Waals surface area contributed by atoms with Crippen LogP contribution in [0.1, 0.15) is 17.2 Å². The molecule has 4 nitrogen and oxygen atoms in total. The maximum absolute atomic E-state index is 11.9. The Balaban J connectivity index is 1.87. The van der Waals surface area contributed by atoms with Crippen LogP contribution < -0.4 is 10.6 Å². The number of rotatable bonds is 2. The van der Waals surface area contributed by atoms with Crippen LogP contribution in [-0.4, -0.2) is 5.91 Å². The Morgan fingerprint density at radius 3 is 2.58 bits per heavy atom. The van der Waals surface area contributed by atoms with Crippen molar-refractivity contribution >= 4 is 17.3 Å². The number of nitrogens with one attached hydrogen (secondary N) is 2. The molecule has 0 saturated heterocycles. The molecule has 0 aliphatic carbocycles. The van der Waals surface area contributed by atoms with E-state index in [0.29, 0.717) is 5.56 Å². The average Bonchev–Trinajstić information content (AvgIpc) is 2.76. The van der Waals surface area contributed by atoms with Crippen molar-refractivity contribution in [2.24, 2.45) is 0 Å². The zero-order valence-corrected chi connectivity index (χ0v) is 10.1. The molecule has 0 spiro atoms. The van der Waals surface area contributed by atoms with Crippen LogP contribution in [0.2, 0.25) is 0 Å². The number of carbonyl (C=O) groups is 1. The summed E-state index contributed by atoms with van der Waals surface area (Å²) in [6.45, 7) is 0. The van der Waals surface area contributed by atoms with Crippen LogP contribution >= 0.6 is 0 Å². The minimum Gasteiger partial charge on any atom is -0.370 e. The SMILES string of the molecule is N#Cc1ccc(NC2C(=O)Nc3ccccc32)cc1. The Bertz CT molecular complexity index is 671. The molecule has 4 heteroatoms. The molecule has 2 aromatic carbocycles. The van der Waals surface area contributed by atoms with E-state index in [1.54, 1.807) is 24.3 Å². The fourth-order valence-electron chi connectivity index (χ4n) is 2.16. The zero-order chi connectivity index (χ0) is 13.2. The lowest BCUT2D eigenvalue weighted by molar-refractivity contribution is -0.116. The highest BCUT2D eigenvalue weighted by Gasteiger charge is 2.29. The van der Waals surface area contributed by atoms with Gasteiger partial charge in [-0.2, -0.15) is 5.26 Å². The molecule has 0 fully saturated rings. The molecule has 3 rings (SSSR count). The summed E-state index contributed by atoms with van der Waals surface area (Å²) in [6, 6.07) is 16.3. The number of amides is 1. The van der Waals surface area contributed by atoms with Gasteiger partial charge in [-0.1, -0.05) is 18.2 Å². The van der Waals surface area contributed by atoms with E-state index >= 15 is 0 Å². The van der Waals surface area contributed by atoms with E-state index in [1.165, 1.54) is 0 Å². The van der Waals surface area contributed by atoms with Gasteiger partial charge in [0.2, 0.25) is 0 Å². The molecule has 2 N–H and O–H groups in total. The van der Waals surface area contributed by atoms with Gasteiger partial charge in [0.1, 0.15) is 6.04 Å². The first-order valence-corrected chi connectivity index (χ1v) is 5.94. The van der Waals surface area contributed by atoms with Crippen molar-refractivity contribution in [1.82, 2.24) is 0 Å². The Labute approximate surface area is 110 Å². The largest absolute Gasteiger partial charge is 0.370 e. The van der Waals surface area contributed by atoms with E-state index < -0.39 is 0 Å². The number of para-hydroxylation sites is 1. The van der Waals surface area contributed by atoms with Crippen LogP contribution in [0.4, 0.5) is 11.4 Å². The van der Waals surface area contributed by atoms with Crippen molar-refractivity contribution in [2.45, 2.75) is 6.04 Å². The number of nitriles is 1. The summed E-state index contributed by atoms with van der Waals surface area (Å²) in [7, 11) is 0. The van der Waals surface area contributed by atoms with Crippen LogP contribution in [0.25, 0.3) is 0 Å². The monoisotopic (exact) mass is 249 g/mol. The fourth-order valence-corrected chi connectivity index (χ4v) is 2.16. The van der Waals surface area contributed by atoms with Gasteiger partial charge in [-0.25, -0.2) is 0 Å². The highest BCUT2D eigenvalue weighted by molar-refractivity contribution is 6.04. The van der Waals surface area contributed by atoms with Crippen LogP contribution in [0.15, 0.2) is 48.5 Å². The van der Waals surface area contributed by atoms with E-state index in [-0.39, 0.29) is 11.9 Å². The molecule has 0 bridgehead atoms. The molecule has 1 atom stereocenters. The summed E-state index contributed by atoms with van der Waals surface area (Å²) in [6.07, 6.45) is 0. The van der Waals surface area contributed by atoms with Gasteiger partial charge < -0.3 is 10.6 Å². The van der Waals surface area contributed by atoms with E-state index in [9.17, 15) is 4.79 Å². The van der Waals surface area contributed by atoms with E-state index in [0.717, 1.165) is 16.9 Å². The third-order valence-corrected chi connectivity index (χ3v) is 3.12. The number of hydrogen-bond acceptors (Lipinski definition) is 3. The molecule has 1 aliphatic rings. The Hall–Kier alpha value is -2.80. The lowest BCUT2D eigenvalue weighted by Crippen LogP contribution is -2.19. The summed E-state index contributed by atoms with van der Waals surface area (Å²) in [5.41, 5.74) is 3.20.